The molecule has 0 saturated carbocycles. The van der Waals surface area contributed by atoms with Gasteiger partial charge in [-0.25, -0.2) is 9.67 Å². The van der Waals surface area contributed by atoms with Gasteiger partial charge in [0.25, 0.3) is 0 Å². The number of hydrogen-bond donors (Lipinski definition) is 2. The van der Waals surface area contributed by atoms with Crippen LogP contribution < -0.4 is 5.32 Å². The van der Waals surface area contributed by atoms with Crippen molar-refractivity contribution in [3.8, 4) is 0 Å². The van der Waals surface area contributed by atoms with E-state index in [1.807, 2.05) is 6.07 Å². The maximum absolute atomic E-state index is 10.8. The fraction of sp³-hybridized carbons (Fsp3) is 0.500. The van der Waals surface area contributed by atoms with E-state index in [4.69, 9.17) is 21.1 Å². The van der Waals surface area contributed by atoms with Crippen molar-refractivity contribution in [2.75, 3.05) is 6.61 Å². The van der Waals surface area contributed by atoms with Gasteiger partial charge in [0.2, 0.25) is 0 Å². The first-order valence-corrected chi connectivity index (χ1v) is 7.73. The number of nitrogens with zero attached hydrogens (tertiary/aromatic N) is 4. The van der Waals surface area contributed by atoms with E-state index in [1.54, 1.807) is 23.4 Å². The Morgan fingerprint density at radius 1 is 1.43 bits per heavy atom. The molecule has 0 unspecified atom stereocenters. The van der Waals surface area contributed by atoms with Crippen LogP contribution in [0.2, 0.25) is 5.02 Å². The Bertz CT molecular complexity index is 670. The second-order valence-electron chi connectivity index (χ2n) is 5.61. The molecular weight excluding hydrogens is 322 g/mol. The zero-order valence-electron chi connectivity index (χ0n) is 12.1. The van der Waals surface area contributed by atoms with Gasteiger partial charge in [-0.1, -0.05) is 11.6 Å². The van der Waals surface area contributed by atoms with Crippen LogP contribution in [0.25, 0.3) is 0 Å². The van der Waals surface area contributed by atoms with E-state index in [2.05, 4.69) is 20.4 Å². The lowest BCUT2D eigenvalue weighted by molar-refractivity contribution is -0.168. The van der Waals surface area contributed by atoms with Crippen molar-refractivity contribution >= 4 is 11.6 Å². The first-order chi connectivity index (χ1) is 11.2. The van der Waals surface area contributed by atoms with Crippen molar-refractivity contribution in [2.45, 2.75) is 37.1 Å². The maximum Gasteiger partial charge on any atom is 0.183 e. The van der Waals surface area contributed by atoms with Crippen molar-refractivity contribution in [1.29, 1.82) is 0 Å². The van der Waals surface area contributed by atoms with Gasteiger partial charge in [0.1, 0.15) is 24.8 Å². The number of aromatic nitrogens is 4. The summed E-state index contributed by atoms with van der Waals surface area (Å²) in [5, 5.41) is 18.8. The number of aliphatic hydroxyl groups excluding tert-OH is 1. The topological polar surface area (TPSA) is 94.3 Å². The fourth-order valence-electron chi connectivity index (χ4n) is 3.08. The Morgan fingerprint density at radius 2 is 2.35 bits per heavy atom. The van der Waals surface area contributed by atoms with Crippen LogP contribution >= 0.6 is 11.6 Å². The molecule has 122 valence electrons. The van der Waals surface area contributed by atoms with Crippen LogP contribution in [0.4, 0.5) is 0 Å². The van der Waals surface area contributed by atoms with Crippen molar-refractivity contribution < 1.29 is 14.6 Å². The monoisotopic (exact) mass is 337 g/mol. The van der Waals surface area contributed by atoms with E-state index >= 15 is 0 Å². The minimum Gasteiger partial charge on any atom is -0.389 e. The molecule has 2 aliphatic heterocycles. The maximum atomic E-state index is 10.8. The number of hydrogen-bond acceptors (Lipinski definition) is 7. The average molecular weight is 338 g/mol. The quantitative estimate of drug-likeness (QED) is 0.819. The lowest BCUT2D eigenvalue weighted by atomic mass is 9.96. The Morgan fingerprint density at radius 3 is 3.13 bits per heavy atom. The third kappa shape index (κ3) is 2.73. The smallest absolute Gasteiger partial charge is 0.183 e. The first-order valence-electron chi connectivity index (χ1n) is 7.35. The van der Waals surface area contributed by atoms with Crippen LogP contribution in [0.1, 0.15) is 11.6 Å². The van der Waals surface area contributed by atoms with Crippen LogP contribution in [0.5, 0.6) is 0 Å². The van der Waals surface area contributed by atoms with E-state index < -0.39 is 18.4 Å². The third-order valence-electron chi connectivity index (χ3n) is 4.26. The molecule has 2 saturated heterocycles. The Labute approximate surface area is 137 Å². The largest absolute Gasteiger partial charge is 0.389 e. The molecule has 2 bridgehead atoms. The number of ether oxygens (including phenoxy) is 2. The van der Waals surface area contributed by atoms with Crippen molar-refractivity contribution in [3.05, 3.63) is 41.7 Å². The summed E-state index contributed by atoms with van der Waals surface area (Å²) in [6, 6.07) is 1.10. The highest BCUT2D eigenvalue weighted by Crippen LogP contribution is 2.35. The molecule has 5 atom stereocenters. The molecule has 4 rings (SSSR count). The number of halogens is 1. The molecule has 2 aromatic heterocycles. The highest BCUT2D eigenvalue weighted by Gasteiger charge is 2.51. The molecule has 0 amide bonds. The lowest BCUT2D eigenvalue weighted by Crippen LogP contribution is -2.57. The predicted octanol–water partition coefficient (Wildman–Crippen LogP) is 0.142. The van der Waals surface area contributed by atoms with Crippen LogP contribution in [0, 0.1) is 0 Å². The summed E-state index contributed by atoms with van der Waals surface area (Å²) in [5.41, 5.74) is 0.909. The number of fused-ring (bicyclic) bond motifs is 2. The molecule has 9 heteroatoms. The summed E-state index contributed by atoms with van der Waals surface area (Å²) in [7, 11) is 0. The van der Waals surface area contributed by atoms with Gasteiger partial charge >= 0.3 is 0 Å². The Balaban J connectivity index is 1.52. The van der Waals surface area contributed by atoms with Gasteiger partial charge in [0.05, 0.1) is 23.8 Å². The van der Waals surface area contributed by atoms with E-state index in [-0.39, 0.29) is 12.1 Å². The van der Waals surface area contributed by atoms with Crippen LogP contribution in [-0.4, -0.2) is 56.0 Å². The predicted molar refractivity (Wildman–Crippen MR) is 79.6 cm³/mol. The molecule has 0 aliphatic carbocycles. The first kappa shape index (κ1) is 15.0. The molecule has 0 radical (unpaired) electrons. The van der Waals surface area contributed by atoms with Gasteiger partial charge < -0.3 is 19.9 Å². The molecule has 2 aromatic rings. The minimum atomic E-state index is -0.719. The van der Waals surface area contributed by atoms with Gasteiger partial charge in [0, 0.05) is 18.9 Å². The van der Waals surface area contributed by atoms with Crippen LogP contribution in [-0.2, 0) is 16.0 Å². The summed E-state index contributed by atoms with van der Waals surface area (Å²) >= 11 is 6.12. The van der Waals surface area contributed by atoms with Crippen molar-refractivity contribution in [1.82, 2.24) is 25.1 Å². The molecule has 0 aromatic carbocycles. The lowest BCUT2D eigenvalue weighted by Gasteiger charge is -2.38. The summed E-state index contributed by atoms with van der Waals surface area (Å²) in [6.45, 7) is 0.923. The average Bonchev–Trinajstić information content (AvgIpc) is 3.21. The van der Waals surface area contributed by atoms with Gasteiger partial charge in [-0.15, -0.1) is 0 Å². The second kappa shape index (κ2) is 6.14. The molecule has 2 fully saturated rings. The van der Waals surface area contributed by atoms with Crippen molar-refractivity contribution in [3.63, 3.8) is 0 Å². The standard InChI is InChI=1S/C14H16ClN5O3/c15-9-4-16-2-1-8(9)3-18-11-10-5-22-14(23-10)12(13(11)21)20-7-17-6-19-20/h1-2,4,6-7,10-14,18,21H,3,5H2/t10-,11-,12-,13+,14-/m1/s1. The SMILES string of the molecule is O[C@H]1[C@H](NCc2ccncc2Cl)[C@H]2CO[C@H](O2)[C@@H]1n1cncn1. The van der Waals surface area contributed by atoms with Gasteiger partial charge in [-0.2, -0.15) is 5.10 Å². The number of aliphatic hydroxyl groups is 1. The second-order valence-corrected chi connectivity index (χ2v) is 6.01. The van der Waals surface area contributed by atoms with Crippen molar-refractivity contribution in [2.24, 2.45) is 0 Å². The summed E-state index contributed by atoms with van der Waals surface area (Å²) in [5.74, 6) is 0. The summed E-state index contributed by atoms with van der Waals surface area (Å²) in [4.78, 5) is 7.90. The molecule has 2 N–H and O–H groups in total. The van der Waals surface area contributed by atoms with Crippen LogP contribution in [0.15, 0.2) is 31.1 Å². The molecule has 2 aliphatic rings. The number of nitrogens with one attached hydrogen (secondary N) is 1. The Kier molecular flexibility index (Phi) is 4.00. The van der Waals surface area contributed by atoms with E-state index in [0.717, 1.165) is 5.56 Å². The third-order valence-corrected chi connectivity index (χ3v) is 4.60. The van der Waals surface area contributed by atoms with Gasteiger partial charge in [0.15, 0.2) is 6.29 Å². The number of pyridine rings is 1. The molecule has 0 spiro atoms. The van der Waals surface area contributed by atoms with Crippen LogP contribution in [0.3, 0.4) is 0 Å². The van der Waals surface area contributed by atoms with Gasteiger partial charge in [-0.05, 0) is 11.6 Å². The van der Waals surface area contributed by atoms with E-state index in [0.29, 0.717) is 18.2 Å². The summed E-state index contributed by atoms with van der Waals surface area (Å²) < 4.78 is 13.1. The molecule has 4 heterocycles. The minimum absolute atomic E-state index is 0.213. The molecular formula is C14H16ClN5O3. The fourth-order valence-corrected chi connectivity index (χ4v) is 3.27. The van der Waals surface area contributed by atoms with E-state index in [1.165, 1.54) is 6.33 Å². The summed E-state index contributed by atoms with van der Waals surface area (Å²) in [6.07, 6.45) is 4.81. The zero-order chi connectivity index (χ0) is 15.8. The molecule has 23 heavy (non-hydrogen) atoms. The molecule has 8 nitrogen and oxygen atoms in total. The normalized spacial score (nSPS) is 33.0. The highest BCUT2D eigenvalue weighted by atomic mass is 35.5. The Hall–Kier alpha value is -1.58. The highest BCUT2D eigenvalue weighted by molar-refractivity contribution is 6.31. The van der Waals surface area contributed by atoms with Gasteiger partial charge in [-0.3, -0.25) is 4.98 Å². The zero-order valence-corrected chi connectivity index (χ0v) is 12.9. The van der Waals surface area contributed by atoms with E-state index in [9.17, 15) is 5.11 Å². The number of rotatable bonds is 4.